The molecule has 0 spiro atoms. The molecule has 1 aromatic rings. The molecule has 2 N–H and O–H groups in total. The number of nitrogens with two attached hydrogens (primary N) is 1. The quantitative estimate of drug-likeness (QED) is 0.796. The zero-order valence-corrected chi connectivity index (χ0v) is 10.5. The minimum atomic E-state index is -0.435. The predicted molar refractivity (Wildman–Crippen MR) is 67.6 cm³/mol. The number of hydrogen-bond acceptors (Lipinski definition) is 6. The number of hydrogen-bond donors (Lipinski definition) is 1. The highest BCUT2D eigenvalue weighted by molar-refractivity contribution is 5.95. The number of esters is 1. The summed E-state index contributed by atoms with van der Waals surface area (Å²) in [5.41, 5.74) is 6.48. The second-order valence-electron chi connectivity index (χ2n) is 4.26. The maximum atomic E-state index is 11.7. The molecular formula is C12H17N3O3. The lowest BCUT2D eigenvalue weighted by molar-refractivity contribution is 0.0601. The number of pyridine rings is 1. The van der Waals surface area contributed by atoms with E-state index in [-0.39, 0.29) is 6.04 Å². The second-order valence-corrected chi connectivity index (χ2v) is 4.26. The van der Waals surface area contributed by atoms with Crippen LogP contribution in [-0.2, 0) is 9.47 Å². The average molecular weight is 251 g/mol. The molecule has 1 unspecified atom stereocenters. The van der Waals surface area contributed by atoms with E-state index in [1.54, 1.807) is 6.07 Å². The number of likely N-dealkylation sites (N-methyl/N-ethyl adjacent to an activating group) is 1. The van der Waals surface area contributed by atoms with E-state index in [0.29, 0.717) is 23.7 Å². The van der Waals surface area contributed by atoms with Gasteiger partial charge in [0.25, 0.3) is 0 Å². The van der Waals surface area contributed by atoms with Crippen molar-refractivity contribution in [3.05, 3.63) is 17.8 Å². The summed E-state index contributed by atoms with van der Waals surface area (Å²) in [5, 5.41) is 0. The SMILES string of the molecule is COC(=O)c1cc(N)cnc1N(C)C1CCOC1. The van der Waals surface area contributed by atoms with Gasteiger partial charge < -0.3 is 20.1 Å². The number of ether oxygens (including phenoxy) is 2. The molecule has 1 aliphatic rings. The Balaban J connectivity index is 2.33. The molecular weight excluding hydrogens is 234 g/mol. The van der Waals surface area contributed by atoms with Crippen LogP contribution in [0.2, 0.25) is 0 Å². The number of anilines is 2. The van der Waals surface area contributed by atoms with Crippen molar-refractivity contribution in [2.45, 2.75) is 12.5 Å². The van der Waals surface area contributed by atoms with E-state index in [9.17, 15) is 4.79 Å². The van der Waals surface area contributed by atoms with Crippen molar-refractivity contribution in [1.29, 1.82) is 0 Å². The highest BCUT2D eigenvalue weighted by Gasteiger charge is 2.25. The molecule has 1 aromatic heterocycles. The average Bonchev–Trinajstić information content (AvgIpc) is 2.90. The zero-order chi connectivity index (χ0) is 13.1. The van der Waals surface area contributed by atoms with Gasteiger partial charge in [0.05, 0.1) is 31.6 Å². The van der Waals surface area contributed by atoms with Gasteiger partial charge in [0.2, 0.25) is 0 Å². The normalized spacial score (nSPS) is 18.7. The lowest BCUT2D eigenvalue weighted by Crippen LogP contribution is -2.33. The van der Waals surface area contributed by atoms with E-state index in [2.05, 4.69) is 4.98 Å². The summed E-state index contributed by atoms with van der Waals surface area (Å²) in [6, 6.07) is 1.81. The molecule has 0 saturated carbocycles. The van der Waals surface area contributed by atoms with E-state index in [4.69, 9.17) is 15.2 Å². The van der Waals surface area contributed by atoms with Crippen LogP contribution in [0.4, 0.5) is 11.5 Å². The Labute approximate surface area is 106 Å². The van der Waals surface area contributed by atoms with E-state index >= 15 is 0 Å². The Hall–Kier alpha value is -1.82. The van der Waals surface area contributed by atoms with Gasteiger partial charge in [-0.1, -0.05) is 0 Å². The third-order valence-corrected chi connectivity index (χ3v) is 3.08. The van der Waals surface area contributed by atoms with Gasteiger partial charge in [-0.05, 0) is 12.5 Å². The molecule has 1 saturated heterocycles. The van der Waals surface area contributed by atoms with Gasteiger partial charge in [-0.15, -0.1) is 0 Å². The fourth-order valence-corrected chi connectivity index (χ4v) is 2.02. The Morgan fingerprint density at radius 2 is 2.44 bits per heavy atom. The summed E-state index contributed by atoms with van der Waals surface area (Å²) in [5.74, 6) is 0.141. The highest BCUT2D eigenvalue weighted by Crippen LogP contribution is 2.24. The molecule has 1 atom stereocenters. The van der Waals surface area contributed by atoms with Crippen molar-refractivity contribution in [3.8, 4) is 0 Å². The Morgan fingerprint density at radius 1 is 1.67 bits per heavy atom. The molecule has 0 aliphatic carbocycles. The fourth-order valence-electron chi connectivity index (χ4n) is 2.02. The molecule has 0 amide bonds. The molecule has 18 heavy (non-hydrogen) atoms. The maximum Gasteiger partial charge on any atom is 0.341 e. The maximum absolute atomic E-state index is 11.7. The summed E-state index contributed by atoms with van der Waals surface area (Å²) in [6.07, 6.45) is 2.46. The van der Waals surface area contributed by atoms with Crippen molar-refractivity contribution in [2.24, 2.45) is 0 Å². The van der Waals surface area contributed by atoms with Crippen LogP contribution >= 0.6 is 0 Å². The van der Waals surface area contributed by atoms with Gasteiger partial charge in [-0.3, -0.25) is 0 Å². The summed E-state index contributed by atoms with van der Waals surface area (Å²) >= 11 is 0. The number of methoxy groups -OCH3 is 1. The number of nitrogens with zero attached hydrogens (tertiary/aromatic N) is 2. The van der Waals surface area contributed by atoms with Crippen molar-refractivity contribution in [3.63, 3.8) is 0 Å². The smallest absolute Gasteiger partial charge is 0.341 e. The molecule has 2 rings (SSSR count). The Bertz CT molecular complexity index is 444. The third kappa shape index (κ3) is 2.38. The minimum Gasteiger partial charge on any atom is -0.465 e. The summed E-state index contributed by atoms with van der Waals surface area (Å²) in [7, 11) is 3.23. The molecule has 6 heteroatoms. The lowest BCUT2D eigenvalue weighted by Gasteiger charge is -2.25. The van der Waals surface area contributed by atoms with Crippen LogP contribution in [0, 0.1) is 0 Å². The first-order chi connectivity index (χ1) is 8.63. The molecule has 0 radical (unpaired) electrons. The molecule has 2 heterocycles. The number of aromatic nitrogens is 1. The van der Waals surface area contributed by atoms with Crippen molar-refractivity contribution >= 4 is 17.5 Å². The first-order valence-corrected chi connectivity index (χ1v) is 5.78. The largest absolute Gasteiger partial charge is 0.465 e. The third-order valence-electron chi connectivity index (χ3n) is 3.08. The van der Waals surface area contributed by atoms with E-state index in [1.165, 1.54) is 13.3 Å². The highest BCUT2D eigenvalue weighted by atomic mass is 16.5. The molecule has 1 fully saturated rings. The molecule has 98 valence electrons. The second kappa shape index (κ2) is 5.22. The van der Waals surface area contributed by atoms with Crippen LogP contribution in [0.3, 0.4) is 0 Å². The van der Waals surface area contributed by atoms with Gasteiger partial charge in [0.15, 0.2) is 0 Å². The summed E-state index contributed by atoms with van der Waals surface area (Å²) in [4.78, 5) is 17.9. The van der Waals surface area contributed by atoms with Gasteiger partial charge >= 0.3 is 5.97 Å². The van der Waals surface area contributed by atoms with Crippen LogP contribution in [0.5, 0.6) is 0 Å². The molecule has 6 nitrogen and oxygen atoms in total. The van der Waals surface area contributed by atoms with Gasteiger partial charge in [-0.2, -0.15) is 0 Å². The van der Waals surface area contributed by atoms with Crippen molar-refractivity contribution in [1.82, 2.24) is 4.98 Å². The lowest BCUT2D eigenvalue weighted by atomic mass is 10.2. The Kier molecular flexibility index (Phi) is 3.66. The van der Waals surface area contributed by atoms with Crippen LogP contribution in [-0.4, -0.2) is 44.4 Å². The minimum absolute atomic E-state index is 0.226. The molecule has 0 aromatic carbocycles. The molecule has 1 aliphatic heterocycles. The number of nitrogen functional groups attached to an aromatic ring is 1. The Morgan fingerprint density at radius 3 is 3.06 bits per heavy atom. The topological polar surface area (TPSA) is 77.7 Å². The van der Waals surface area contributed by atoms with Crippen LogP contribution in [0.1, 0.15) is 16.8 Å². The van der Waals surface area contributed by atoms with E-state index in [1.807, 2.05) is 11.9 Å². The van der Waals surface area contributed by atoms with E-state index in [0.717, 1.165) is 13.0 Å². The van der Waals surface area contributed by atoms with Crippen LogP contribution in [0.15, 0.2) is 12.3 Å². The first-order valence-electron chi connectivity index (χ1n) is 5.78. The summed E-state index contributed by atoms with van der Waals surface area (Å²) < 4.78 is 10.1. The van der Waals surface area contributed by atoms with Crippen LogP contribution in [0.25, 0.3) is 0 Å². The van der Waals surface area contributed by atoms with Crippen LogP contribution < -0.4 is 10.6 Å². The predicted octanol–water partition coefficient (Wildman–Crippen LogP) is 0.675. The fraction of sp³-hybridized carbons (Fsp3) is 0.500. The first kappa shape index (κ1) is 12.6. The molecule has 0 bridgehead atoms. The zero-order valence-electron chi connectivity index (χ0n) is 10.5. The number of rotatable bonds is 3. The van der Waals surface area contributed by atoms with Crippen molar-refractivity contribution in [2.75, 3.05) is 38.0 Å². The summed E-state index contributed by atoms with van der Waals surface area (Å²) in [6.45, 7) is 1.38. The number of carbonyl (C=O) groups is 1. The standard InChI is InChI=1S/C12H17N3O3/c1-15(9-3-4-18-7-9)11-10(12(16)17-2)5-8(13)6-14-11/h5-6,9H,3-4,7,13H2,1-2H3. The van der Waals surface area contributed by atoms with Crippen molar-refractivity contribution < 1.29 is 14.3 Å². The number of carbonyl (C=O) groups excluding carboxylic acids is 1. The van der Waals surface area contributed by atoms with Gasteiger partial charge in [0, 0.05) is 13.7 Å². The van der Waals surface area contributed by atoms with Gasteiger partial charge in [-0.25, -0.2) is 9.78 Å². The van der Waals surface area contributed by atoms with Gasteiger partial charge in [0.1, 0.15) is 11.4 Å². The van der Waals surface area contributed by atoms with E-state index < -0.39 is 5.97 Å². The monoisotopic (exact) mass is 251 g/mol.